The first kappa shape index (κ1) is 17.1. The minimum Gasteiger partial charge on any atom is -0.317 e. The van der Waals surface area contributed by atoms with Crippen molar-refractivity contribution in [1.82, 2.24) is 10.0 Å². The molecule has 0 aliphatic carbocycles. The van der Waals surface area contributed by atoms with Crippen molar-refractivity contribution in [2.45, 2.75) is 38.5 Å². The minimum absolute atomic E-state index is 0.301. The zero-order valence-electron chi connectivity index (χ0n) is 12.6. The first-order valence-corrected chi connectivity index (χ1v) is 8.73. The number of hydrogen-bond acceptors (Lipinski definition) is 3. The Morgan fingerprint density at radius 1 is 1.15 bits per heavy atom. The lowest BCUT2D eigenvalue weighted by atomic mass is 10.1. The van der Waals surface area contributed by atoms with Gasteiger partial charge in [0, 0.05) is 6.54 Å². The predicted octanol–water partition coefficient (Wildman–Crippen LogP) is 2.16. The van der Waals surface area contributed by atoms with E-state index in [1.807, 2.05) is 26.0 Å². The maximum atomic E-state index is 12.0. The molecule has 1 aromatic rings. The highest BCUT2D eigenvalue weighted by Gasteiger charge is 2.13. The van der Waals surface area contributed by atoms with E-state index in [2.05, 4.69) is 17.0 Å². The van der Waals surface area contributed by atoms with Crippen LogP contribution >= 0.6 is 0 Å². The molecule has 0 heterocycles. The Kier molecular flexibility index (Phi) is 7.19. The average Bonchev–Trinajstić information content (AvgIpc) is 2.42. The van der Waals surface area contributed by atoms with Crippen LogP contribution in [-0.4, -0.2) is 28.1 Å². The van der Waals surface area contributed by atoms with Crippen LogP contribution in [0.15, 0.2) is 29.2 Å². The maximum absolute atomic E-state index is 12.0. The molecule has 0 unspecified atom stereocenters. The van der Waals surface area contributed by atoms with E-state index in [9.17, 15) is 8.42 Å². The summed E-state index contributed by atoms with van der Waals surface area (Å²) in [5.74, 6) is 0.301. The molecule has 0 aliphatic heterocycles. The molecule has 0 bridgehead atoms. The highest BCUT2D eigenvalue weighted by atomic mass is 32.2. The second-order valence-corrected chi connectivity index (χ2v) is 7.11. The van der Waals surface area contributed by atoms with E-state index in [-0.39, 0.29) is 0 Å². The summed E-state index contributed by atoms with van der Waals surface area (Å²) < 4.78 is 26.7. The highest BCUT2D eigenvalue weighted by molar-refractivity contribution is 7.89. The van der Waals surface area contributed by atoms with Gasteiger partial charge in [0.15, 0.2) is 0 Å². The van der Waals surface area contributed by atoms with Gasteiger partial charge >= 0.3 is 0 Å². The van der Waals surface area contributed by atoms with E-state index in [0.717, 1.165) is 25.9 Å². The van der Waals surface area contributed by atoms with Crippen LogP contribution in [0, 0.1) is 5.92 Å². The predicted molar refractivity (Wildman–Crippen MR) is 83.3 cm³/mol. The number of benzene rings is 1. The molecule has 0 fully saturated rings. The van der Waals surface area contributed by atoms with E-state index in [1.165, 1.54) is 5.56 Å². The van der Waals surface area contributed by atoms with Gasteiger partial charge in [0.25, 0.3) is 0 Å². The fraction of sp³-hybridized carbons (Fsp3) is 0.600. The monoisotopic (exact) mass is 298 g/mol. The third kappa shape index (κ3) is 6.03. The normalized spacial score (nSPS) is 12.0. The molecule has 0 spiro atoms. The number of aryl methyl sites for hydroxylation is 1. The average molecular weight is 298 g/mol. The van der Waals surface area contributed by atoms with Crippen LogP contribution in [0.1, 0.15) is 32.8 Å². The van der Waals surface area contributed by atoms with Gasteiger partial charge in [-0.1, -0.05) is 32.9 Å². The van der Waals surface area contributed by atoms with Gasteiger partial charge in [-0.2, -0.15) is 0 Å². The van der Waals surface area contributed by atoms with Gasteiger partial charge < -0.3 is 5.32 Å². The molecule has 114 valence electrons. The summed E-state index contributed by atoms with van der Waals surface area (Å²) in [6.45, 7) is 8.49. The topological polar surface area (TPSA) is 58.2 Å². The van der Waals surface area contributed by atoms with Crippen LogP contribution in [-0.2, 0) is 16.4 Å². The molecular formula is C15H26N2O2S. The van der Waals surface area contributed by atoms with Crippen LogP contribution in [0.3, 0.4) is 0 Å². The molecule has 0 saturated carbocycles. The Hall–Kier alpha value is -0.910. The largest absolute Gasteiger partial charge is 0.317 e. The van der Waals surface area contributed by atoms with Crippen molar-refractivity contribution in [3.8, 4) is 0 Å². The lowest BCUT2D eigenvalue weighted by molar-refractivity contribution is 0.560. The van der Waals surface area contributed by atoms with Crippen molar-refractivity contribution in [1.29, 1.82) is 0 Å². The van der Waals surface area contributed by atoms with Crippen molar-refractivity contribution in [3.05, 3.63) is 29.8 Å². The van der Waals surface area contributed by atoms with Crippen molar-refractivity contribution >= 4 is 10.0 Å². The Morgan fingerprint density at radius 3 is 2.35 bits per heavy atom. The van der Waals surface area contributed by atoms with Crippen molar-refractivity contribution in [2.24, 2.45) is 5.92 Å². The molecular weight excluding hydrogens is 272 g/mol. The molecule has 0 saturated heterocycles. The van der Waals surface area contributed by atoms with Gasteiger partial charge in [-0.05, 0) is 49.5 Å². The van der Waals surface area contributed by atoms with Gasteiger partial charge in [0.1, 0.15) is 0 Å². The van der Waals surface area contributed by atoms with Crippen LogP contribution in [0.5, 0.6) is 0 Å². The van der Waals surface area contributed by atoms with Gasteiger partial charge in [-0.15, -0.1) is 0 Å². The van der Waals surface area contributed by atoms with Gasteiger partial charge in [-0.25, -0.2) is 13.1 Å². The van der Waals surface area contributed by atoms with Crippen molar-refractivity contribution < 1.29 is 8.42 Å². The first-order valence-electron chi connectivity index (χ1n) is 7.25. The molecule has 0 radical (unpaired) electrons. The Bertz CT molecular complexity index is 481. The summed E-state index contributed by atoms with van der Waals surface area (Å²) in [6.07, 6.45) is 2.03. The molecule has 0 atom stereocenters. The number of hydrogen-bond donors (Lipinski definition) is 2. The van der Waals surface area contributed by atoms with Gasteiger partial charge in [-0.3, -0.25) is 0 Å². The van der Waals surface area contributed by atoms with Crippen LogP contribution < -0.4 is 10.0 Å². The van der Waals surface area contributed by atoms with Gasteiger partial charge in [0.2, 0.25) is 10.0 Å². The van der Waals surface area contributed by atoms with Crippen LogP contribution in [0.4, 0.5) is 0 Å². The zero-order valence-corrected chi connectivity index (χ0v) is 13.5. The first-order chi connectivity index (χ1) is 9.45. The number of rotatable bonds is 9. The molecule has 20 heavy (non-hydrogen) atoms. The van der Waals surface area contributed by atoms with Crippen molar-refractivity contribution in [2.75, 3.05) is 19.6 Å². The third-order valence-corrected chi connectivity index (χ3v) is 4.42. The summed E-state index contributed by atoms with van der Waals surface area (Å²) in [5.41, 5.74) is 1.17. The summed E-state index contributed by atoms with van der Waals surface area (Å²) in [7, 11) is -3.36. The van der Waals surface area contributed by atoms with Crippen LogP contribution in [0.2, 0.25) is 0 Å². The van der Waals surface area contributed by atoms with Gasteiger partial charge in [0.05, 0.1) is 4.90 Å². The Morgan fingerprint density at radius 2 is 1.80 bits per heavy atom. The fourth-order valence-electron chi connectivity index (χ4n) is 1.79. The Labute approximate surface area is 123 Å². The molecule has 1 rings (SSSR count). The summed E-state index contributed by atoms with van der Waals surface area (Å²) in [4.78, 5) is 0.341. The van der Waals surface area contributed by atoms with E-state index < -0.39 is 10.0 Å². The van der Waals surface area contributed by atoms with E-state index in [4.69, 9.17) is 0 Å². The lowest BCUT2D eigenvalue weighted by Gasteiger charge is -2.09. The lowest BCUT2D eigenvalue weighted by Crippen LogP contribution is -2.27. The van der Waals surface area contributed by atoms with Crippen molar-refractivity contribution in [3.63, 3.8) is 0 Å². The molecule has 4 nitrogen and oxygen atoms in total. The summed E-state index contributed by atoms with van der Waals surface area (Å²) in [5, 5.41) is 3.28. The minimum atomic E-state index is -3.36. The maximum Gasteiger partial charge on any atom is 0.240 e. The third-order valence-electron chi connectivity index (χ3n) is 2.98. The second-order valence-electron chi connectivity index (χ2n) is 5.35. The number of sulfonamides is 1. The van der Waals surface area contributed by atoms with E-state index in [1.54, 1.807) is 12.1 Å². The highest BCUT2D eigenvalue weighted by Crippen LogP contribution is 2.12. The summed E-state index contributed by atoms with van der Waals surface area (Å²) >= 11 is 0. The standard InChI is InChI=1S/C15H26N2O2S/c1-4-16-11-5-6-14-7-9-15(10-8-14)20(18,19)17-12-13(2)3/h7-10,13,16-17H,4-6,11-12H2,1-3H3. The van der Waals surface area contributed by atoms with E-state index in [0.29, 0.717) is 17.4 Å². The molecule has 0 amide bonds. The quantitative estimate of drug-likeness (QED) is 0.687. The molecule has 0 aromatic heterocycles. The fourth-order valence-corrected chi connectivity index (χ4v) is 3.00. The van der Waals surface area contributed by atoms with E-state index >= 15 is 0 Å². The molecule has 5 heteroatoms. The number of nitrogens with one attached hydrogen (secondary N) is 2. The smallest absolute Gasteiger partial charge is 0.240 e. The Balaban J connectivity index is 2.57. The molecule has 1 aromatic carbocycles. The zero-order chi connectivity index (χ0) is 15.0. The molecule has 0 aliphatic rings. The second kappa shape index (κ2) is 8.39. The van der Waals surface area contributed by atoms with Crippen LogP contribution in [0.25, 0.3) is 0 Å². The summed E-state index contributed by atoms with van der Waals surface area (Å²) in [6, 6.07) is 7.17. The SMILES string of the molecule is CCNCCCc1ccc(S(=O)(=O)NCC(C)C)cc1. The molecule has 2 N–H and O–H groups in total.